The van der Waals surface area contributed by atoms with Gasteiger partial charge in [-0.25, -0.2) is 13.6 Å². The number of halogens is 2. The van der Waals surface area contributed by atoms with Crippen LogP contribution in [0, 0.1) is 11.6 Å². The molecular weight excluding hydrogens is 378 g/mol. The number of ether oxygens (including phenoxy) is 1. The van der Waals surface area contributed by atoms with Crippen molar-refractivity contribution in [1.29, 1.82) is 0 Å². The Morgan fingerprint density at radius 3 is 2.38 bits per heavy atom. The molecule has 1 heterocycles. The average molecular weight is 402 g/mol. The average Bonchev–Trinajstić information content (AvgIpc) is 2.70. The number of hydrogen-bond donors (Lipinski definition) is 2. The molecule has 1 aliphatic rings. The number of carbonyl (C=O) groups is 1. The van der Waals surface area contributed by atoms with Crippen molar-refractivity contribution in [3.8, 4) is 5.75 Å². The molecule has 0 saturated carbocycles. The number of carbonyl (C=O) groups excluding carboxylic acids is 1. The monoisotopic (exact) mass is 402 g/mol. The van der Waals surface area contributed by atoms with Gasteiger partial charge in [0, 0.05) is 50.2 Å². The topological polar surface area (TPSA) is 70.8 Å². The van der Waals surface area contributed by atoms with Gasteiger partial charge in [0.2, 0.25) is 0 Å². The molecule has 0 spiro atoms. The van der Waals surface area contributed by atoms with Gasteiger partial charge in [-0.3, -0.25) is 4.90 Å². The van der Waals surface area contributed by atoms with Gasteiger partial charge >= 0.3 is 6.03 Å². The predicted molar refractivity (Wildman–Crippen MR) is 109 cm³/mol. The number of primary amides is 1. The van der Waals surface area contributed by atoms with Crippen molar-refractivity contribution in [1.82, 2.24) is 4.90 Å². The van der Waals surface area contributed by atoms with Gasteiger partial charge in [-0.1, -0.05) is 6.58 Å². The van der Waals surface area contributed by atoms with Gasteiger partial charge < -0.3 is 20.7 Å². The van der Waals surface area contributed by atoms with Crippen LogP contribution in [0.2, 0.25) is 0 Å². The standard InChI is InChI=1S/C21H24F2N4O2/c1-15(14-29-18-5-2-16(3-6-18)25-21(24)28)13-26-8-10-27(11-9-26)17-4-7-19(22)20(23)12-17/h2-7,12H,1,8-11,13-14H2,(H3,24,25,28). The Hall–Kier alpha value is -3.13. The van der Waals surface area contributed by atoms with Crippen molar-refractivity contribution in [2.75, 3.05) is 49.5 Å². The van der Waals surface area contributed by atoms with Gasteiger partial charge in [-0.15, -0.1) is 0 Å². The van der Waals surface area contributed by atoms with Crippen LogP contribution in [0.25, 0.3) is 0 Å². The number of urea groups is 1. The third kappa shape index (κ3) is 5.92. The summed E-state index contributed by atoms with van der Waals surface area (Å²) in [6, 6.07) is 10.3. The Labute approximate surface area is 168 Å². The van der Waals surface area contributed by atoms with E-state index in [1.165, 1.54) is 6.07 Å². The van der Waals surface area contributed by atoms with Crippen molar-refractivity contribution in [2.24, 2.45) is 5.73 Å². The number of anilines is 2. The molecule has 1 saturated heterocycles. The number of nitrogens with two attached hydrogens (primary N) is 1. The van der Waals surface area contributed by atoms with E-state index in [9.17, 15) is 13.6 Å². The summed E-state index contributed by atoms with van der Waals surface area (Å²) in [5, 5.41) is 2.49. The lowest BCUT2D eigenvalue weighted by Gasteiger charge is -2.36. The van der Waals surface area contributed by atoms with Gasteiger partial charge in [-0.05, 0) is 42.0 Å². The summed E-state index contributed by atoms with van der Waals surface area (Å²) in [5.74, 6) is -0.985. The first-order chi connectivity index (χ1) is 13.9. The minimum atomic E-state index is -0.831. The predicted octanol–water partition coefficient (Wildman–Crippen LogP) is 3.21. The van der Waals surface area contributed by atoms with E-state index in [-0.39, 0.29) is 0 Å². The molecule has 2 aromatic rings. The lowest BCUT2D eigenvalue weighted by atomic mass is 10.2. The largest absolute Gasteiger partial charge is 0.489 e. The maximum Gasteiger partial charge on any atom is 0.316 e. The molecule has 0 bridgehead atoms. The van der Waals surface area contributed by atoms with Crippen LogP contribution in [-0.4, -0.2) is 50.3 Å². The number of piperazine rings is 1. The first-order valence-electron chi connectivity index (χ1n) is 9.29. The molecule has 1 aliphatic heterocycles. The van der Waals surface area contributed by atoms with E-state index >= 15 is 0 Å². The summed E-state index contributed by atoms with van der Waals surface area (Å²) in [4.78, 5) is 15.1. The number of benzene rings is 2. The van der Waals surface area contributed by atoms with E-state index < -0.39 is 17.7 Å². The van der Waals surface area contributed by atoms with Crippen molar-refractivity contribution in [2.45, 2.75) is 0 Å². The molecular formula is C21H24F2N4O2. The normalized spacial score (nSPS) is 14.5. The molecule has 0 aromatic heterocycles. The van der Waals surface area contributed by atoms with Crippen molar-refractivity contribution < 1.29 is 18.3 Å². The fraction of sp³-hybridized carbons (Fsp3) is 0.286. The van der Waals surface area contributed by atoms with Crippen molar-refractivity contribution in [3.63, 3.8) is 0 Å². The lowest BCUT2D eigenvalue weighted by Crippen LogP contribution is -2.47. The number of rotatable bonds is 7. The van der Waals surface area contributed by atoms with E-state index in [0.717, 1.165) is 37.8 Å². The van der Waals surface area contributed by atoms with E-state index in [1.807, 2.05) is 4.90 Å². The minimum absolute atomic E-state index is 0.381. The Morgan fingerprint density at radius 2 is 1.76 bits per heavy atom. The molecule has 0 aliphatic carbocycles. The van der Waals surface area contributed by atoms with Crippen LogP contribution in [0.4, 0.5) is 25.0 Å². The van der Waals surface area contributed by atoms with E-state index in [2.05, 4.69) is 16.8 Å². The third-order valence-corrected chi connectivity index (χ3v) is 4.65. The zero-order valence-corrected chi connectivity index (χ0v) is 16.0. The maximum absolute atomic E-state index is 13.4. The zero-order chi connectivity index (χ0) is 20.8. The highest BCUT2D eigenvalue weighted by molar-refractivity contribution is 5.87. The van der Waals surface area contributed by atoms with E-state index in [1.54, 1.807) is 30.3 Å². The summed E-state index contributed by atoms with van der Waals surface area (Å²) in [5.41, 5.74) is 7.30. The highest BCUT2D eigenvalue weighted by atomic mass is 19.2. The van der Waals surface area contributed by atoms with Crippen molar-refractivity contribution >= 4 is 17.4 Å². The Bertz CT molecular complexity index is 865. The molecule has 3 rings (SSSR count). The van der Waals surface area contributed by atoms with Gasteiger partial charge in [0.15, 0.2) is 11.6 Å². The van der Waals surface area contributed by atoms with Crippen LogP contribution in [0.3, 0.4) is 0 Å². The number of hydrogen-bond acceptors (Lipinski definition) is 4. The summed E-state index contributed by atoms with van der Waals surface area (Å²) in [7, 11) is 0. The molecule has 3 N–H and O–H groups in total. The number of nitrogens with one attached hydrogen (secondary N) is 1. The minimum Gasteiger partial charge on any atom is -0.489 e. The van der Waals surface area contributed by atoms with E-state index in [0.29, 0.717) is 30.3 Å². The Kier molecular flexibility index (Phi) is 6.66. The molecule has 29 heavy (non-hydrogen) atoms. The number of nitrogens with zero attached hydrogens (tertiary/aromatic N) is 2. The molecule has 0 atom stereocenters. The third-order valence-electron chi connectivity index (χ3n) is 4.65. The first-order valence-corrected chi connectivity index (χ1v) is 9.29. The SMILES string of the molecule is C=C(COc1ccc(NC(N)=O)cc1)CN1CCN(c2ccc(F)c(F)c2)CC1. The quantitative estimate of drug-likeness (QED) is 0.698. The summed E-state index contributed by atoms with van der Waals surface area (Å²) in [6.07, 6.45) is 0. The molecule has 1 fully saturated rings. The first kappa shape index (κ1) is 20.6. The fourth-order valence-corrected chi connectivity index (χ4v) is 3.17. The number of amides is 2. The van der Waals surface area contributed by atoms with Crippen LogP contribution in [-0.2, 0) is 0 Å². The highest BCUT2D eigenvalue weighted by Crippen LogP contribution is 2.20. The van der Waals surface area contributed by atoms with Crippen molar-refractivity contribution in [3.05, 3.63) is 66.3 Å². The maximum atomic E-state index is 13.4. The van der Waals surface area contributed by atoms with Crippen LogP contribution in [0.5, 0.6) is 5.75 Å². The summed E-state index contributed by atoms with van der Waals surface area (Å²) >= 11 is 0. The molecule has 0 radical (unpaired) electrons. The second-order valence-corrected chi connectivity index (χ2v) is 6.91. The van der Waals surface area contributed by atoms with E-state index in [4.69, 9.17) is 10.5 Å². The van der Waals surface area contributed by atoms with Crippen LogP contribution < -0.4 is 20.7 Å². The van der Waals surface area contributed by atoms with Gasteiger partial charge in [0.25, 0.3) is 0 Å². The summed E-state index contributed by atoms with van der Waals surface area (Å²) < 4.78 is 32.2. The Balaban J connectivity index is 1.41. The lowest BCUT2D eigenvalue weighted by molar-refractivity contribution is 0.259. The van der Waals surface area contributed by atoms with Crippen LogP contribution in [0.15, 0.2) is 54.6 Å². The Morgan fingerprint density at radius 1 is 1.07 bits per heavy atom. The highest BCUT2D eigenvalue weighted by Gasteiger charge is 2.18. The molecule has 0 unspecified atom stereocenters. The summed E-state index contributed by atoms with van der Waals surface area (Å²) in [6.45, 7) is 8.21. The smallest absolute Gasteiger partial charge is 0.316 e. The second kappa shape index (κ2) is 9.38. The fourth-order valence-electron chi connectivity index (χ4n) is 3.17. The van der Waals surface area contributed by atoms with Gasteiger partial charge in [0.1, 0.15) is 12.4 Å². The molecule has 2 aromatic carbocycles. The second-order valence-electron chi connectivity index (χ2n) is 6.91. The molecule has 2 amide bonds. The molecule has 6 nitrogen and oxygen atoms in total. The van der Waals surface area contributed by atoms with Gasteiger partial charge in [-0.2, -0.15) is 0 Å². The molecule has 154 valence electrons. The van der Waals surface area contributed by atoms with Gasteiger partial charge in [0.05, 0.1) is 0 Å². The van der Waals surface area contributed by atoms with Crippen LogP contribution in [0.1, 0.15) is 0 Å². The van der Waals surface area contributed by atoms with Crippen LogP contribution >= 0.6 is 0 Å². The zero-order valence-electron chi connectivity index (χ0n) is 16.0. The molecule has 8 heteroatoms.